The highest BCUT2D eigenvalue weighted by atomic mass is 15.2. The lowest BCUT2D eigenvalue weighted by Gasteiger charge is -2.27. The minimum absolute atomic E-state index is 0.676. The number of unbranched alkanes of at least 4 members (excludes halogenated alkanes) is 2. The highest BCUT2D eigenvalue weighted by molar-refractivity contribution is 4.67. The molecular formula is C15H34N2. The van der Waals surface area contributed by atoms with Gasteiger partial charge < -0.3 is 5.32 Å². The fraction of sp³-hybridized carbons (Fsp3) is 1.00. The summed E-state index contributed by atoms with van der Waals surface area (Å²) in [6, 6.07) is 1.38. The lowest BCUT2D eigenvalue weighted by atomic mass is 10.1. The van der Waals surface area contributed by atoms with Gasteiger partial charge in [-0.2, -0.15) is 0 Å². The van der Waals surface area contributed by atoms with Crippen LogP contribution in [0.5, 0.6) is 0 Å². The van der Waals surface area contributed by atoms with E-state index in [0.29, 0.717) is 12.1 Å². The predicted molar refractivity (Wildman–Crippen MR) is 78.6 cm³/mol. The average molecular weight is 242 g/mol. The minimum atomic E-state index is 0.676. The molecule has 2 heteroatoms. The molecule has 0 amide bonds. The molecule has 0 aliphatic carbocycles. The highest BCUT2D eigenvalue weighted by Crippen LogP contribution is 2.03. The first-order chi connectivity index (χ1) is 8.15. The Bertz CT molecular complexity index is 153. The van der Waals surface area contributed by atoms with Gasteiger partial charge in [0.2, 0.25) is 0 Å². The molecule has 0 spiro atoms. The summed E-state index contributed by atoms with van der Waals surface area (Å²) in [5.41, 5.74) is 0. The van der Waals surface area contributed by atoms with Gasteiger partial charge in [0.25, 0.3) is 0 Å². The van der Waals surface area contributed by atoms with E-state index < -0.39 is 0 Å². The second-order valence-electron chi connectivity index (χ2n) is 5.30. The zero-order chi connectivity index (χ0) is 13.1. The van der Waals surface area contributed by atoms with Gasteiger partial charge in [0, 0.05) is 25.2 Å². The summed E-state index contributed by atoms with van der Waals surface area (Å²) in [5.74, 6) is 0. The molecule has 0 heterocycles. The van der Waals surface area contributed by atoms with Crippen LogP contribution in [0, 0.1) is 0 Å². The Morgan fingerprint density at radius 2 is 1.59 bits per heavy atom. The number of nitrogens with zero attached hydrogens (tertiary/aromatic N) is 1. The van der Waals surface area contributed by atoms with E-state index in [-0.39, 0.29) is 0 Å². The zero-order valence-electron chi connectivity index (χ0n) is 12.8. The molecule has 0 aromatic rings. The first-order valence-electron chi connectivity index (χ1n) is 7.63. The van der Waals surface area contributed by atoms with Crippen LogP contribution in [0.2, 0.25) is 0 Å². The molecule has 0 fully saturated rings. The molecule has 0 bridgehead atoms. The molecule has 2 nitrogen and oxygen atoms in total. The molecule has 0 aromatic carbocycles. The van der Waals surface area contributed by atoms with Gasteiger partial charge in [0.05, 0.1) is 0 Å². The fourth-order valence-electron chi connectivity index (χ4n) is 2.18. The van der Waals surface area contributed by atoms with Crippen molar-refractivity contribution < 1.29 is 0 Å². The van der Waals surface area contributed by atoms with Gasteiger partial charge in [-0.15, -0.1) is 0 Å². The van der Waals surface area contributed by atoms with Crippen LogP contribution in [0.4, 0.5) is 0 Å². The van der Waals surface area contributed by atoms with Crippen LogP contribution < -0.4 is 5.32 Å². The molecule has 0 aliphatic heterocycles. The van der Waals surface area contributed by atoms with Crippen LogP contribution in [-0.2, 0) is 0 Å². The maximum absolute atomic E-state index is 3.65. The van der Waals surface area contributed by atoms with Crippen LogP contribution in [-0.4, -0.2) is 36.6 Å². The molecule has 104 valence electrons. The molecule has 0 atom stereocenters. The predicted octanol–water partition coefficient (Wildman–Crippen LogP) is 3.67. The average Bonchev–Trinajstić information content (AvgIpc) is 2.32. The standard InChI is InChI=1S/C15H34N2/c1-6-9-10-12-17(14(4)5)13-11-16-15(7-2)8-3/h14-16H,6-13H2,1-5H3. The van der Waals surface area contributed by atoms with Crippen LogP contribution in [0.25, 0.3) is 0 Å². The Kier molecular flexibility index (Phi) is 11.0. The van der Waals surface area contributed by atoms with E-state index in [1.807, 2.05) is 0 Å². The Hall–Kier alpha value is -0.0800. The van der Waals surface area contributed by atoms with Crippen LogP contribution in [0.3, 0.4) is 0 Å². The maximum Gasteiger partial charge on any atom is 0.0110 e. The Labute approximate surface area is 109 Å². The summed E-state index contributed by atoms with van der Waals surface area (Å²) in [6.45, 7) is 15.0. The molecule has 0 rings (SSSR count). The van der Waals surface area contributed by atoms with E-state index in [1.165, 1.54) is 45.2 Å². The van der Waals surface area contributed by atoms with Crippen LogP contribution in [0.1, 0.15) is 66.7 Å². The number of rotatable bonds is 11. The molecule has 0 saturated carbocycles. The van der Waals surface area contributed by atoms with E-state index in [2.05, 4.69) is 44.8 Å². The van der Waals surface area contributed by atoms with Crippen LogP contribution in [0.15, 0.2) is 0 Å². The summed E-state index contributed by atoms with van der Waals surface area (Å²) in [5, 5.41) is 3.65. The zero-order valence-corrected chi connectivity index (χ0v) is 12.8. The summed E-state index contributed by atoms with van der Waals surface area (Å²) >= 11 is 0. The van der Waals surface area contributed by atoms with Crippen molar-refractivity contribution in [1.82, 2.24) is 10.2 Å². The Morgan fingerprint density at radius 1 is 0.941 bits per heavy atom. The number of hydrogen-bond acceptors (Lipinski definition) is 2. The SMILES string of the molecule is CCCCCN(CCNC(CC)CC)C(C)C. The summed E-state index contributed by atoms with van der Waals surface area (Å²) < 4.78 is 0. The van der Waals surface area contributed by atoms with Crippen molar-refractivity contribution in [3.8, 4) is 0 Å². The molecule has 0 aliphatic rings. The highest BCUT2D eigenvalue weighted by Gasteiger charge is 2.09. The Morgan fingerprint density at radius 3 is 2.06 bits per heavy atom. The fourth-order valence-corrected chi connectivity index (χ4v) is 2.18. The van der Waals surface area contributed by atoms with Crippen molar-refractivity contribution in [2.24, 2.45) is 0 Å². The van der Waals surface area contributed by atoms with E-state index in [4.69, 9.17) is 0 Å². The summed E-state index contributed by atoms with van der Waals surface area (Å²) in [7, 11) is 0. The normalized spacial score (nSPS) is 12.0. The second-order valence-corrected chi connectivity index (χ2v) is 5.30. The minimum Gasteiger partial charge on any atom is -0.313 e. The summed E-state index contributed by atoms with van der Waals surface area (Å²) in [4.78, 5) is 2.60. The van der Waals surface area contributed by atoms with E-state index >= 15 is 0 Å². The van der Waals surface area contributed by atoms with Gasteiger partial charge in [-0.1, -0.05) is 33.6 Å². The van der Waals surface area contributed by atoms with Gasteiger partial charge in [-0.05, 0) is 39.7 Å². The van der Waals surface area contributed by atoms with Gasteiger partial charge in [0.15, 0.2) is 0 Å². The smallest absolute Gasteiger partial charge is 0.0110 e. The molecule has 17 heavy (non-hydrogen) atoms. The molecule has 1 N–H and O–H groups in total. The van der Waals surface area contributed by atoms with E-state index in [0.717, 1.165) is 6.54 Å². The molecular weight excluding hydrogens is 208 g/mol. The van der Waals surface area contributed by atoms with Crippen LogP contribution >= 0.6 is 0 Å². The third-order valence-corrected chi connectivity index (χ3v) is 3.60. The van der Waals surface area contributed by atoms with Crippen molar-refractivity contribution in [1.29, 1.82) is 0 Å². The van der Waals surface area contributed by atoms with E-state index in [1.54, 1.807) is 0 Å². The quantitative estimate of drug-likeness (QED) is 0.556. The largest absolute Gasteiger partial charge is 0.313 e. The first-order valence-corrected chi connectivity index (χ1v) is 7.63. The molecule has 0 unspecified atom stereocenters. The van der Waals surface area contributed by atoms with E-state index in [9.17, 15) is 0 Å². The molecule has 0 aromatic heterocycles. The van der Waals surface area contributed by atoms with Gasteiger partial charge >= 0.3 is 0 Å². The summed E-state index contributed by atoms with van der Waals surface area (Å²) in [6.07, 6.45) is 6.52. The first kappa shape index (κ1) is 16.9. The lowest BCUT2D eigenvalue weighted by Crippen LogP contribution is -2.40. The van der Waals surface area contributed by atoms with Gasteiger partial charge in [-0.3, -0.25) is 4.90 Å². The van der Waals surface area contributed by atoms with Crippen molar-refractivity contribution >= 4 is 0 Å². The number of nitrogens with one attached hydrogen (secondary N) is 1. The monoisotopic (exact) mass is 242 g/mol. The van der Waals surface area contributed by atoms with Gasteiger partial charge in [0.1, 0.15) is 0 Å². The van der Waals surface area contributed by atoms with Gasteiger partial charge in [-0.25, -0.2) is 0 Å². The van der Waals surface area contributed by atoms with Crippen molar-refractivity contribution in [2.75, 3.05) is 19.6 Å². The lowest BCUT2D eigenvalue weighted by molar-refractivity contribution is 0.214. The van der Waals surface area contributed by atoms with Crippen molar-refractivity contribution in [3.63, 3.8) is 0 Å². The number of hydrogen-bond donors (Lipinski definition) is 1. The van der Waals surface area contributed by atoms with Crippen molar-refractivity contribution in [3.05, 3.63) is 0 Å². The molecule has 0 saturated heterocycles. The second kappa shape index (κ2) is 11.0. The Balaban J connectivity index is 3.76. The third kappa shape index (κ3) is 8.62. The third-order valence-electron chi connectivity index (χ3n) is 3.60. The van der Waals surface area contributed by atoms with Crippen molar-refractivity contribution in [2.45, 2.75) is 78.8 Å². The topological polar surface area (TPSA) is 15.3 Å². The molecule has 0 radical (unpaired) electrons. The maximum atomic E-state index is 3.65.